The van der Waals surface area contributed by atoms with E-state index in [0.29, 0.717) is 13.2 Å². The van der Waals surface area contributed by atoms with Gasteiger partial charge in [-0.1, -0.05) is 6.07 Å². The first kappa shape index (κ1) is 13.4. The molecule has 5 nitrogen and oxygen atoms in total. The highest BCUT2D eigenvalue weighted by Crippen LogP contribution is 2.25. The summed E-state index contributed by atoms with van der Waals surface area (Å²) in [5.74, 6) is 2.40. The van der Waals surface area contributed by atoms with Crippen molar-refractivity contribution in [3.8, 4) is 11.5 Å². The van der Waals surface area contributed by atoms with Gasteiger partial charge in [-0.3, -0.25) is 0 Å². The number of imidazole rings is 1. The Labute approximate surface area is 113 Å². The molecule has 0 fully saturated rings. The van der Waals surface area contributed by atoms with Gasteiger partial charge < -0.3 is 19.8 Å². The maximum Gasteiger partial charge on any atom is 0.146 e. The fourth-order valence-electron chi connectivity index (χ4n) is 1.88. The molecular formula is C14H19N3O2. The Kier molecular flexibility index (Phi) is 4.41. The molecule has 0 atom stereocenters. The van der Waals surface area contributed by atoms with Crippen LogP contribution in [0.4, 0.5) is 0 Å². The zero-order chi connectivity index (χ0) is 13.7. The highest BCUT2D eigenvalue weighted by atomic mass is 16.5. The first-order valence-corrected chi connectivity index (χ1v) is 6.28. The van der Waals surface area contributed by atoms with E-state index in [9.17, 15) is 0 Å². The van der Waals surface area contributed by atoms with Gasteiger partial charge in [-0.2, -0.15) is 0 Å². The first-order chi connectivity index (χ1) is 9.28. The minimum Gasteiger partial charge on any atom is -0.497 e. The summed E-state index contributed by atoms with van der Waals surface area (Å²) < 4.78 is 13.1. The molecule has 1 aromatic carbocycles. The molecule has 1 aromatic heterocycles. The van der Waals surface area contributed by atoms with Crippen LogP contribution in [0, 0.1) is 0 Å². The summed E-state index contributed by atoms with van der Waals surface area (Å²) in [5, 5.41) is 0. The van der Waals surface area contributed by atoms with Crippen molar-refractivity contribution >= 4 is 0 Å². The molecule has 0 aliphatic carbocycles. The molecular weight excluding hydrogens is 242 g/mol. The Morgan fingerprint density at radius 1 is 1.37 bits per heavy atom. The van der Waals surface area contributed by atoms with E-state index in [1.807, 2.05) is 29.0 Å². The summed E-state index contributed by atoms with van der Waals surface area (Å²) in [6, 6.07) is 5.64. The van der Waals surface area contributed by atoms with E-state index >= 15 is 0 Å². The quantitative estimate of drug-likeness (QED) is 0.863. The second-order valence-electron chi connectivity index (χ2n) is 4.10. The molecule has 0 saturated carbocycles. The standard InChI is InChI=1S/C14H19N3O2/c1-3-17-7-6-16-14(17)10-19-13-8-12(18-2)5-4-11(13)9-15/h4-8H,3,9-10,15H2,1-2H3. The average molecular weight is 261 g/mol. The fourth-order valence-corrected chi connectivity index (χ4v) is 1.88. The maximum atomic E-state index is 5.81. The number of nitrogens with two attached hydrogens (primary N) is 1. The van der Waals surface area contributed by atoms with Crippen LogP contribution in [0.3, 0.4) is 0 Å². The van der Waals surface area contributed by atoms with E-state index in [1.54, 1.807) is 13.3 Å². The van der Waals surface area contributed by atoms with Crippen molar-refractivity contribution < 1.29 is 9.47 Å². The van der Waals surface area contributed by atoms with Crippen LogP contribution >= 0.6 is 0 Å². The fraction of sp³-hybridized carbons (Fsp3) is 0.357. The lowest BCUT2D eigenvalue weighted by Crippen LogP contribution is -2.07. The number of aryl methyl sites for hydroxylation is 1. The molecule has 0 bridgehead atoms. The number of hydrogen-bond acceptors (Lipinski definition) is 4. The van der Waals surface area contributed by atoms with Crippen LogP contribution in [-0.2, 0) is 19.7 Å². The van der Waals surface area contributed by atoms with Gasteiger partial charge in [0, 0.05) is 37.1 Å². The van der Waals surface area contributed by atoms with Crippen LogP contribution in [0.1, 0.15) is 18.3 Å². The van der Waals surface area contributed by atoms with Crippen LogP contribution in [0.15, 0.2) is 30.6 Å². The van der Waals surface area contributed by atoms with Gasteiger partial charge in [0.25, 0.3) is 0 Å². The van der Waals surface area contributed by atoms with Gasteiger partial charge in [-0.25, -0.2) is 4.98 Å². The molecule has 19 heavy (non-hydrogen) atoms. The van der Waals surface area contributed by atoms with E-state index < -0.39 is 0 Å². The minimum atomic E-state index is 0.418. The Hall–Kier alpha value is -2.01. The molecule has 0 radical (unpaired) electrons. The first-order valence-electron chi connectivity index (χ1n) is 6.28. The van der Waals surface area contributed by atoms with Crippen LogP contribution in [0.2, 0.25) is 0 Å². The summed E-state index contributed by atoms with van der Waals surface area (Å²) in [4.78, 5) is 4.28. The third-order valence-corrected chi connectivity index (χ3v) is 2.99. The van der Waals surface area contributed by atoms with Gasteiger partial charge in [0.2, 0.25) is 0 Å². The van der Waals surface area contributed by atoms with Crippen LogP contribution in [-0.4, -0.2) is 16.7 Å². The average Bonchev–Trinajstić information content (AvgIpc) is 2.92. The lowest BCUT2D eigenvalue weighted by atomic mass is 10.2. The van der Waals surface area contributed by atoms with Gasteiger partial charge >= 0.3 is 0 Å². The maximum absolute atomic E-state index is 5.81. The molecule has 2 rings (SSSR count). The minimum absolute atomic E-state index is 0.418. The van der Waals surface area contributed by atoms with E-state index in [4.69, 9.17) is 15.2 Å². The van der Waals surface area contributed by atoms with Crippen molar-refractivity contribution in [2.45, 2.75) is 26.6 Å². The summed E-state index contributed by atoms with van der Waals surface area (Å²) in [6.45, 7) is 3.80. The largest absolute Gasteiger partial charge is 0.497 e. The van der Waals surface area contributed by atoms with Crippen molar-refractivity contribution in [1.29, 1.82) is 0 Å². The molecule has 0 spiro atoms. The molecule has 0 aliphatic rings. The number of rotatable bonds is 6. The number of nitrogens with zero attached hydrogens (tertiary/aromatic N) is 2. The molecule has 0 amide bonds. The Morgan fingerprint density at radius 3 is 2.89 bits per heavy atom. The highest BCUT2D eigenvalue weighted by Gasteiger charge is 2.07. The Morgan fingerprint density at radius 2 is 2.21 bits per heavy atom. The number of hydrogen-bond donors (Lipinski definition) is 1. The van der Waals surface area contributed by atoms with Gasteiger partial charge in [-0.05, 0) is 13.0 Å². The van der Waals surface area contributed by atoms with E-state index in [0.717, 1.165) is 29.4 Å². The normalized spacial score (nSPS) is 10.5. The molecule has 5 heteroatoms. The van der Waals surface area contributed by atoms with Crippen LogP contribution < -0.4 is 15.2 Å². The lowest BCUT2D eigenvalue weighted by molar-refractivity contribution is 0.285. The zero-order valence-electron chi connectivity index (χ0n) is 11.3. The number of aromatic nitrogens is 2. The number of methoxy groups -OCH3 is 1. The van der Waals surface area contributed by atoms with Crippen LogP contribution in [0.25, 0.3) is 0 Å². The highest BCUT2D eigenvalue weighted by molar-refractivity contribution is 5.40. The van der Waals surface area contributed by atoms with E-state index in [2.05, 4.69) is 11.9 Å². The van der Waals surface area contributed by atoms with Crippen molar-refractivity contribution in [3.63, 3.8) is 0 Å². The van der Waals surface area contributed by atoms with Gasteiger partial charge in [-0.15, -0.1) is 0 Å². The van der Waals surface area contributed by atoms with Gasteiger partial charge in [0.05, 0.1) is 7.11 Å². The summed E-state index contributed by atoms with van der Waals surface area (Å²) in [6.07, 6.45) is 3.71. The number of ether oxygens (including phenoxy) is 2. The summed E-state index contributed by atoms with van der Waals surface area (Å²) in [5.41, 5.74) is 6.66. The predicted molar refractivity (Wildman–Crippen MR) is 73.1 cm³/mol. The van der Waals surface area contributed by atoms with Gasteiger partial charge in [0.15, 0.2) is 0 Å². The molecule has 1 heterocycles. The molecule has 0 unspecified atom stereocenters. The van der Waals surface area contributed by atoms with E-state index in [1.165, 1.54) is 0 Å². The van der Waals surface area contributed by atoms with Crippen molar-refractivity contribution in [1.82, 2.24) is 9.55 Å². The molecule has 0 saturated heterocycles. The second-order valence-corrected chi connectivity index (χ2v) is 4.10. The Bertz CT molecular complexity index is 537. The topological polar surface area (TPSA) is 62.3 Å². The van der Waals surface area contributed by atoms with Crippen molar-refractivity contribution in [3.05, 3.63) is 42.0 Å². The van der Waals surface area contributed by atoms with Crippen molar-refractivity contribution in [2.75, 3.05) is 7.11 Å². The van der Waals surface area contributed by atoms with Crippen molar-refractivity contribution in [2.24, 2.45) is 5.73 Å². The lowest BCUT2D eigenvalue weighted by Gasteiger charge is -2.12. The van der Waals surface area contributed by atoms with Gasteiger partial charge in [0.1, 0.15) is 23.9 Å². The SMILES string of the molecule is CCn1ccnc1COc1cc(OC)ccc1CN. The smallest absolute Gasteiger partial charge is 0.146 e. The summed E-state index contributed by atoms with van der Waals surface area (Å²) in [7, 11) is 1.63. The second kappa shape index (κ2) is 6.24. The zero-order valence-corrected chi connectivity index (χ0v) is 11.3. The molecule has 2 N–H and O–H groups in total. The predicted octanol–water partition coefficient (Wildman–Crippen LogP) is 1.95. The molecule has 0 aliphatic heterocycles. The van der Waals surface area contributed by atoms with E-state index in [-0.39, 0.29) is 0 Å². The third-order valence-electron chi connectivity index (χ3n) is 2.99. The number of benzene rings is 1. The molecule has 102 valence electrons. The van der Waals surface area contributed by atoms with Crippen LogP contribution in [0.5, 0.6) is 11.5 Å². The third kappa shape index (κ3) is 3.06. The summed E-state index contributed by atoms with van der Waals surface area (Å²) >= 11 is 0. The molecule has 2 aromatic rings. The Balaban J connectivity index is 2.14. The monoisotopic (exact) mass is 261 g/mol.